The molecule has 1 saturated heterocycles. The van der Waals surface area contributed by atoms with Gasteiger partial charge in [-0.1, -0.05) is 0 Å². The molecule has 2 aromatic rings. The topological polar surface area (TPSA) is 118 Å². The summed E-state index contributed by atoms with van der Waals surface area (Å²) in [4.78, 5) is 39.2. The monoisotopic (exact) mass is 423 g/mol. The predicted molar refractivity (Wildman–Crippen MR) is 109 cm³/mol. The third kappa shape index (κ3) is 3.51. The Hall–Kier alpha value is -3.43. The Balaban J connectivity index is 1.33. The van der Waals surface area contributed by atoms with Crippen LogP contribution in [-0.4, -0.2) is 50.1 Å². The number of aromatic nitrogens is 3. The van der Waals surface area contributed by atoms with Gasteiger partial charge >= 0.3 is 0 Å². The molecule has 2 aliphatic heterocycles. The van der Waals surface area contributed by atoms with E-state index in [4.69, 9.17) is 5.73 Å². The minimum absolute atomic E-state index is 0.0468. The number of hydrogen-bond donors (Lipinski definition) is 1. The van der Waals surface area contributed by atoms with Gasteiger partial charge in [-0.3, -0.25) is 14.6 Å². The highest BCUT2D eigenvalue weighted by Gasteiger charge is 2.54. The Kier molecular flexibility index (Phi) is 4.64. The molecule has 2 unspecified atom stereocenters. The Labute approximate surface area is 178 Å². The standard InChI is InChI=1S/C21H22FN7O2/c22-15-7-14(10-24-11-15)17-1-5-27-29(17)20(31)13-2-6-28(21(9-13)3-4-21)18-8-16(19(23)30)25-12-26-18/h5,7-8,10-13,17H,1-4,6,9H2,(H2,23,30). The van der Waals surface area contributed by atoms with Gasteiger partial charge in [-0.05, 0) is 37.3 Å². The van der Waals surface area contributed by atoms with E-state index in [-0.39, 0.29) is 29.1 Å². The largest absolute Gasteiger partial charge is 0.364 e. The number of anilines is 1. The second-order valence-corrected chi connectivity index (χ2v) is 8.36. The number of halogens is 1. The first-order valence-corrected chi connectivity index (χ1v) is 10.3. The maximum absolute atomic E-state index is 13.6. The highest BCUT2D eigenvalue weighted by Crippen LogP contribution is 2.52. The van der Waals surface area contributed by atoms with Crippen LogP contribution in [0.4, 0.5) is 10.2 Å². The molecular formula is C21H22FN7O2. The molecule has 160 valence electrons. The fourth-order valence-corrected chi connectivity index (χ4v) is 4.71. The molecule has 0 radical (unpaired) electrons. The summed E-state index contributed by atoms with van der Waals surface area (Å²) in [6, 6.07) is 2.69. The van der Waals surface area contributed by atoms with Crippen molar-refractivity contribution in [2.24, 2.45) is 16.8 Å². The van der Waals surface area contributed by atoms with E-state index in [0.29, 0.717) is 37.2 Å². The van der Waals surface area contributed by atoms with E-state index in [9.17, 15) is 14.0 Å². The summed E-state index contributed by atoms with van der Waals surface area (Å²) in [5.41, 5.74) is 6.03. The summed E-state index contributed by atoms with van der Waals surface area (Å²) in [6.45, 7) is 0.634. The number of pyridine rings is 1. The van der Waals surface area contributed by atoms with Crippen LogP contribution in [0.2, 0.25) is 0 Å². The van der Waals surface area contributed by atoms with Crippen LogP contribution < -0.4 is 10.6 Å². The van der Waals surface area contributed by atoms with E-state index in [1.807, 2.05) is 0 Å². The summed E-state index contributed by atoms with van der Waals surface area (Å²) in [7, 11) is 0. The lowest BCUT2D eigenvalue weighted by molar-refractivity contribution is -0.138. The van der Waals surface area contributed by atoms with Gasteiger partial charge in [0.2, 0.25) is 5.91 Å². The minimum atomic E-state index is -0.594. The van der Waals surface area contributed by atoms with Crippen molar-refractivity contribution in [1.82, 2.24) is 20.0 Å². The first-order chi connectivity index (χ1) is 15.0. The van der Waals surface area contributed by atoms with E-state index in [1.54, 1.807) is 18.5 Å². The maximum atomic E-state index is 13.6. The molecule has 1 spiro atoms. The molecule has 4 heterocycles. The van der Waals surface area contributed by atoms with Crippen LogP contribution in [0, 0.1) is 11.7 Å². The molecule has 1 aliphatic carbocycles. The summed E-state index contributed by atoms with van der Waals surface area (Å²) in [5, 5.41) is 5.79. The SMILES string of the molecule is NC(=O)c1cc(N2CCC(C(=O)N3N=CCC3c3cncc(F)c3)CC23CC3)ncn1. The van der Waals surface area contributed by atoms with E-state index in [0.717, 1.165) is 19.0 Å². The van der Waals surface area contributed by atoms with Gasteiger partial charge in [0.25, 0.3) is 5.91 Å². The molecule has 2 N–H and O–H groups in total. The zero-order chi connectivity index (χ0) is 21.6. The molecule has 1 saturated carbocycles. The van der Waals surface area contributed by atoms with Crippen molar-refractivity contribution in [3.63, 3.8) is 0 Å². The fourth-order valence-electron chi connectivity index (χ4n) is 4.71. The second-order valence-electron chi connectivity index (χ2n) is 8.36. The molecule has 3 aliphatic rings. The first-order valence-electron chi connectivity index (χ1n) is 10.3. The van der Waals surface area contributed by atoms with Gasteiger partial charge < -0.3 is 10.6 Å². The van der Waals surface area contributed by atoms with Crippen molar-refractivity contribution < 1.29 is 14.0 Å². The van der Waals surface area contributed by atoms with Gasteiger partial charge in [0.1, 0.15) is 23.7 Å². The fraction of sp³-hybridized carbons (Fsp3) is 0.429. The number of nitrogens with two attached hydrogens (primary N) is 1. The van der Waals surface area contributed by atoms with Gasteiger partial charge in [0.05, 0.1) is 12.2 Å². The van der Waals surface area contributed by atoms with Crippen LogP contribution in [0.25, 0.3) is 0 Å². The molecule has 9 nitrogen and oxygen atoms in total. The first kappa shape index (κ1) is 19.5. The quantitative estimate of drug-likeness (QED) is 0.802. The number of carbonyl (C=O) groups is 2. The van der Waals surface area contributed by atoms with Gasteiger partial charge in [0.15, 0.2) is 0 Å². The third-order valence-corrected chi connectivity index (χ3v) is 6.42. The predicted octanol–water partition coefficient (Wildman–Crippen LogP) is 1.82. The summed E-state index contributed by atoms with van der Waals surface area (Å²) in [5.74, 6) is -0.592. The molecular weight excluding hydrogens is 401 g/mol. The van der Waals surface area contributed by atoms with Gasteiger partial charge in [-0.15, -0.1) is 0 Å². The summed E-state index contributed by atoms with van der Waals surface area (Å²) >= 11 is 0. The van der Waals surface area contributed by atoms with Crippen LogP contribution >= 0.6 is 0 Å². The maximum Gasteiger partial charge on any atom is 0.267 e. The van der Waals surface area contributed by atoms with Crippen molar-refractivity contribution in [2.75, 3.05) is 11.4 Å². The third-order valence-electron chi connectivity index (χ3n) is 6.42. The number of piperidine rings is 1. The Morgan fingerprint density at radius 2 is 2.03 bits per heavy atom. The second kappa shape index (κ2) is 7.36. The van der Waals surface area contributed by atoms with Crippen LogP contribution in [0.1, 0.15) is 54.2 Å². The van der Waals surface area contributed by atoms with Gasteiger partial charge in [-0.2, -0.15) is 5.10 Å². The van der Waals surface area contributed by atoms with E-state index >= 15 is 0 Å². The Morgan fingerprint density at radius 3 is 2.77 bits per heavy atom. The molecule has 2 atom stereocenters. The average molecular weight is 423 g/mol. The number of nitrogens with zero attached hydrogens (tertiary/aromatic N) is 6. The lowest BCUT2D eigenvalue weighted by Gasteiger charge is -2.41. The molecule has 0 aromatic carbocycles. The van der Waals surface area contributed by atoms with Crippen molar-refractivity contribution in [1.29, 1.82) is 0 Å². The number of carbonyl (C=O) groups excluding carboxylic acids is 2. The van der Waals surface area contributed by atoms with Crippen molar-refractivity contribution in [3.05, 3.63) is 47.9 Å². The lowest BCUT2D eigenvalue weighted by atomic mass is 9.87. The average Bonchev–Trinajstić information content (AvgIpc) is 3.34. The van der Waals surface area contributed by atoms with Crippen molar-refractivity contribution in [2.45, 2.75) is 43.7 Å². The van der Waals surface area contributed by atoms with Crippen LogP contribution in [0.3, 0.4) is 0 Å². The lowest BCUT2D eigenvalue weighted by Crippen LogP contribution is -2.49. The van der Waals surface area contributed by atoms with Crippen LogP contribution in [-0.2, 0) is 4.79 Å². The van der Waals surface area contributed by atoms with Gasteiger partial charge in [0, 0.05) is 42.9 Å². The number of rotatable bonds is 4. The van der Waals surface area contributed by atoms with E-state index in [2.05, 4.69) is 25.0 Å². The Bertz CT molecular complexity index is 1070. The molecule has 5 rings (SSSR count). The highest BCUT2D eigenvalue weighted by atomic mass is 19.1. The molecule has 0 bridgehead atoms. The van der Waals surface area contributed by atoms with E-state index < -0.39 is 11.7 Å². The van der Waals surface area contributed by atoms with Crippen molar-refractivity contribution in [3.8, 4) is 0 Å². The number of hydrogen-bond acceptors (Lipinski definition) is 7. The molecule has 31 heavy (non-hydrogen) atoms. The van der Waals surface area contributed by atoms with Crippen molar-refractivity contribution >= 4 is 23.8 Å². The van der Waals surface area contributed by atoms with Gasteiger partial charge in [-0.25, -0.2) is 19.4 Å². The van der Waals surface area contributed by atoms with E-state index in [1.165, 1.54) is 17.4 Å². The van der Waals surface area contributed by atoms with Crippen LogP contribution in [0.15, 0.2) is 36.0 Å². The molecule has 2 fully saturated rings. The minimum Gasteiger partial charge on any atom is -0.364 e. The summed E-state index contributed by atoms with van der Waals surface area (Å²) < 4.78 is 13.6. The normalized spacial score (nSPS) is 23.9. The highest BCUT2D eigenvalue weighted by molar-refractivity contribution is 5.91. The molecule has 2 aromatic heterocycles. The number of hydrazone groups is 1. The number of amides is 2. The molecule has 2 amide bonds. The number of primary amides is 1. The smallest absolute Gasteiger partial charge is 0.267 e. The zero-order valence-corrected chi connectivity index (χ0v) is 16.8. The zero-order valence-electron chi connectivity index (χ0n) is 16.8. The summed E-state index contributed by atoms with van der Waals surface area (Å²) in [6.07, 6.45) is 9.53. The van der Waals surface area contributed by atoms with Crippen LogP contribution in [0.5, 0.6) is 0 Å². The Morgan fingerprint density at radius 1 is 1.19 bits per heavy atom. The molecule has 10 heteroatoms.